The summed E-state index contributed by atoms with van der Waals surface area (Å²) < 4.78 is 7.30. The molecule has 0 unspecified atom stereocenters. The Bertz CT molecular complexity index is 712. The summed E-state index contributed by atoms with van der Waals surface area (Å²) >= 11 is 0. The van der Waals surface area contributed by atoms with Gasteiger partial charge in [-0.2, -0.15) is 5.10 Å². The Labute approximate surface area is 110 Å². The predicted molar refractivity (Wildman–Crippen MR) is 73.3 cm³/mol. The maximum absolute atomic E-state index is 6.11. The minimum Gasteiger partial charge on any atom is -0.460 e. The van der Waals surface area contributed by atoms with E-state index in [1.54, 1.807) is 17.1 Å². The Morgan fingerprint density at radius 3 is 2.74 bits per heavy atom. The van der Waals surface area contributed by atoms with Gasteiger partial charge in [-0.15, -0.1) is 0 Å². The molecule has 0 aliphatic rings. The molecule has 0 atom stereocenters. The van der Waals surface area contributed by atoms with Crippen molar-refractivity contribution in [3.8, 4) is 22.6 Å². The van der Waals surface area contributed by atoms with Crippen LogP contribution < -0.4 is 5.73 Å². The highest BCUT2D eigenvalue weighted by Gasteiger charge is 2.19. The highest BCUT2D eigenvalue weighted by atomic mass is 16.3. The van der Waals surface area contributed by atoms with Crippen molar-refractivity contribution in [1.29, 1.82) is 0 Å². The van der Waals surface area contributed by atoms with Crippen LogP contribution in [0.2, 0.25) is 0 Å². The van der Waals surface area contributed by atoms with Gasteiger partial charge in [0.25, 0.3) is 0 Å². The molecule has 3 aromatic heterocycles. The lowest BCUT2D eigenvalue weighted by atomic mass is 10.1. The lowest BCUT2D eigenvalue weighted by molar-refractivity contribution is 0.545. The SMILES string of the molecule is Cc1ccc(-c2nn(C)c(N)c2-c2cccnc2)o1. The van der Waals surface area contributed by atoms with Crippen LogP contribution in [-0.2, 0) is 7.05 Å². The molecule has 0 amide bonds. The summed E-state index contributed by atoms with van der Waals surface area (Å²) in [7, 11) is 1.81. The molecule has 3 heterocycles. The molecule has 5 heteroatoms. The fourth-order valence-corrected chi connectivity index (χ4v) is 2.07. The molecule has 0 fully saturated rings. The lowest BCUT2D eigenvalue weighted by Crippen LogP contribution is -1.98. The summed E-state index contributed by atoms with van der Waals surface area (Å²) in [5.74, 6) is 2.15. The number of pyridine rings is 1. The molecule has 0 aliphatic carbocycles. The quantitative estimate of drug-likeness (QED) is 0.763. The second kappa shape index (κ2) is 4.28. The standard InChI is InChI=1S/C14H14N4O/c1-9-5-6-11(19-9)13-12(14(15)18(2)17-13)10-4-3-7-16-8-10/h3-8H,15H2,1-2H3. The second-order valence-corrected chi connectivity index (χ2v) is 4.38. The van der Waals surface area contributed by atoms with Gasteiger partial charge in [0.15, 0.2) is 5.76 Å². The van der Waals surface area contributed by atoms with E-state index in [4.69, 9.17) is 10.2 Å². The van der Waals surface area contributed by atoms with E-state index in [1.807, 2.05) is 38.2 Å². The molecule has 3 aromatic rings. The van der Waals surface area contributed by atoms with Crippen LogP contribution in [0.1, 0.15) is 5.76 Å². The average Bonchev–Trinajstić information content (AvgIpc) is 2.96. The first-order chi connectivity index (χ1) is 9.16. The van der Waals surface area contributed by atoms with Crippen LogP contribution in [-0.4, -0.2) is 14.8 Å². The maximum Gasteiger partial charge on any atom is 0.155 e. The fraction of sp³-hybridized carbons (Fsp3) is 0.143. The van der Waals surface area contributed by atoms with Gasteiger partial charge in [0, 0.05) is 25.0 Å². The van der Waals surface area contributed by atoms with Gasteiger partial charge in [0.05, 0.1) is 5.56 Å². The van der Waals surface area contributed by atoms with E-state index in [9.17, 15) is 0 Å². The van der Waals surface area contributed by atoms with Gasteiger partial charge >= 0.3 is 0 Å². The van der Waals surface area contributed by atoms with Gasteiger partial charge in [-0.05, 0) is 25.1 Å². The Balaban J connectivity index is 2.24. The summed E-state index contributed by atoms with van der Waals surface area (Å²) in [5.41, 5.74) is 8.63. The molecule has 0 aliphatic heterocycles. The molecule has 0 aromatic carbocycles. The minimum atomic E-state index is 0.594. The fourth-order valence-electron chi connectivity index (χ4n) is 2.07. The zero-order valence-electron chi connectivity index (χ0n) is 10.8. The molecular formula is C14H14N4O. The normalized spacial score (nSPS) is 10.8. The summed E-state index contributed by atoms with van der Waals surface area (Å²) in [6, 6.07) is 7.64. The smallest absolute Gasteiger partial charge is 0.155 e. The van der Waals surface area contributed by atoms with E-state index in [0.717, 1.165) is 22.6 Å². The van der Waals surface area contributed by atoms with Crippen molar-refractivity contribution >= 4 is 5.82 Å². The number of nitrogens with two attached hydrogens (primary N) is 1. The number of rotatable bonds is 2. The minimum absolute atomic E-state index is 0.594. The molecule has 19 heavy (non-hydrogen) atoms. The van der Waals surface area contributed by atoms with E-state index >= 15 is 0 Å². The third-order valence-corrected chi connectivity index (χ3v) is 3.02. The monoisotopic (exact) mass is 254 g/mol. The molecule has 0 bridgehead atoms. The van der Waals surface area contributed by atoms with Crippen LogP contribution in [0.3, 0.4) is 0 Å². The Morgan fingerprint density at radius 2 is 2.11 bits per heavy atom. The van der Waals surface area contributed by atoms with Crippen LogP contribution in [0.15, 0.2) is 41.1 Å². The van der Waals surface area contributed by atoms with Crippen molar-refractivity contribution in [2.75, 3.05) is 5.73 Å². The molecule has 5 nitrogen and oxygen atoms in total. The van der Waals surface area contributed by atoms with Crippen LogP contribution >= 0.6 is 0 Å². The molecule has 2 N–H and O–H groups in total. The number of furan rings is 1. The number of aryl methyl sites for hydroxylation is 2. The number of nitrogen functional groups attached to an aromatic ring is 1. The molecule has 0 spiro atoms. The van der Waals surface area contributed by atoms with Gasteiger partial charge in [-0.3, -0.25) is 9.67 Å². The highest BCUT2D eigenvalue weighted by Crippen LogP contribution is 2.35. The lowest BCUT2D eigenvalue weighted by Gasteiger charge is -2.01. The highest BCUT2D eigenvalue weighted by molar-refractivity contribution is 5.86. The third kappa shape index (κ3) is 1.89. The van der Waals surface area contributed by atoms with Crippen LogP contribution in [0.4, 0.5) is 5.82 Å². The van der Waals surface area contributed by atoms with E-state index in [-0.39, 0.29) is 0 Å². The Hall–Kier alpha value is -2.56. The summed E-state index contributed by atoms with van der Waals surface area (Å²) in [6.45, 7) is 1.90. The first kappa shape index (κ1) is 11.5. The molecule has 0 radical (unpaired) electrons. The van der Waals surface area contributed by atoms with E-state index in [2.05, 4.69) is 10.1 Å². The van der Waals surface area contributed by atoms with Crippen molar-refractivity contribution in [2.45, 2.75) is 6.92 Å². The molecule has 96 valence electrons. The number of hydrogen-bond acceptors (Lipinski definition) is 4. The number of hydrogen-bond donors (Lipinski definition) is 1. The van der Waals surface area contributed by atoms with Gasteiger partial charge in [-0.1, -0.05) is 6.07 Å². The Kier molecular flexibility index (Phi) is 2.59. The van der Waals surface area contributed by atoms with Crippen molar-refractivity contribution in [3.63, 3.8) is 0 Å². The number of aromatic nitrogens is 3. The first-order valence-corrected chi connectivity index (χ1v) is 5.96. The van der Waals surface area contributed by atoms with Gasteiger partial charge in [0.2, 0.25) is 0 Å². The summed E-state index contributed by atoms with van der Waals surface area (Å²) in [5, 5.41) is 4.44. The zero-order valence-corrected chi connectivity index (χ0v) is 10.8. The van der Waals surface area contributed by atoms with Crippen molar-refractivity contribution in [2.24, 2.45) is 7.05 Å². The Morgan fingerprint density at radius 1 is 1.26 bits per heavy atom. The zero-order chi connectivity index (χ0) is 13.4. The van der Waals surface area contributed by atoms with Crippen LogP contribution in [0.5, 0.6) is 0 Å². The van der Waals surface area contributed by atoms with E-state index in [0.29, 0.717) is 11.6 Å². The van der Waals surface area contributed by atoms with Crippen molar-refractivity contribution in [3.05, 3.63) is 42.4 Å². The number of anilines is 1. The van der Waals surface area contributed by atoms with Crippen molar-refractivity contribution < 1.29 is 4.42 Å². The van der Waals surface area contributed by atoms with Gasteiger partial charge in [-0.25, -0.2) is 0 Å². The maximum atomic E-state index is 6.11. The average molecular weight is 254 g/mol. The second-order valence-electron chi connectivity index (χ2n) is 4.38. The summed E-state index contributed by atoms with van der Waals surface area (Å²) in [4.78, 5) is 4.13. The molecular weight excluding hydrogens is 240 g/mol. The van der Waals surface area contributed by atoms with E-state index in [1.165, 1.54) is 0 Å². The van der Waals surface area contributed by atoms with Crippen LogP contribution in [0, 0.1) is 6.92 Å². The number of nitrogens with zero attached hydrogens (tertiary/aromatic N) is 3. The van der Waals surface area contributed by atoms with Crippen LogP contribution in [0.25, 0.3) is 22.6 Å². The first-order valence-electron chi connectivity index (χ1n) is 5.96. The molecule has 0 saturated carbocycles. The van der Waals surface area contributed by atoms with Crippen molar-refractivity contribution in [1.82, 2.24) is 14.8 Å². The topological polar surface area (TPSA) is 69.9 Å². The summed E-state index contributed by atoms with van der Waals surface area (Å²) in [6.07, 6.45) is 3.50. The molecule has 0 saturated heterocycles. The van der Waals surface area contributed by atoms with E-state index < -0.39 is 0 Å². The largest absolute Gasteiger partial charge is 0.460 e. The third-order valence-electron chi connectivity index (χ3n) is 3.02. The van der Waals surface area contributed by atoms with Gasteiger partial charge in [0.1, 0.15) is 17.3 Å². The van der Waals surface area contributed by atoms with Gasteiger partial charge < -0.3 is 10.2 Å². The molecule has 3 rings (SSSR count). The predicted octanol–water partition coefficient (Wildman–Crippen LogP) is 2.63.